The largest absolute Gasteiger partial charge is 0.459 e. The summed E-state index contributed by atoms with van der Waals surface area (Å²) in [6.45, 7) is 0. The molecule has 0 atom stereocenters. The third kappa shape index (κ3) is 3.17. The molecule has 0 unspecified atom stereocenters. The fraction of sp³-hybridized carbons (Fsp3) is 0. The molecule has 2 aromatic carbocycles. The second kappa shape index (κ2) is 6.33. The SMILES string of the molecule is O=C(N=S(c1ccccc1)c1ccccc1)c1ccco1. The average molecular weight is 295 g/mol. The van der Waals surface area contributed by atoms with Crippen LogP contribution in [0, 0.1) is 0 Å². The zero-order valence-corrected chi connectivity index (χ0v) is 12.0. The van der Waals surface area contributed by atoms with Crippen molar-refractivity contribution in [2.75, 3.05) is 0 Å². The number of hydrogen-bond acceptors (Lipinski definition) is 2. The van der Waals surface area contributed by atoms with Crippen LogP contribution >= 0.6 is 0 Å². The Hall–Kier alpha value is -2.46. The minimum atomic E-state index is -0.650. The van der Waals surface area contributed by atoms with Crippen LogP contribution in [-0.4, -0.2) is 5.91 Å². The fourth-order valence-corrected chi connectivity index (χ4v) is 3.44. The third-order valence-electron chi connectivity index (χ3n) is 2.84. The van der Waals surface area contributed by atoms with Crippen molar-refractivity contribution in [2.45, 2.75) is 9.79 Å². The number of furan rings is 1. The van der Waals surface area contributed by atoms with E-state index in [1.165, 1.54) is 6.26 Å². The normalized spacial score (nSPS) is 10.5. The molecule has 0 saturated heterocycles. The summed E-state index contributed by atoms with van der Waals surface area (Å²) in [6, 6.07) is 22.9. The molecule has 0 fully saturated rings. The van der Waals surface area contributed by atoms with Gasteiger partial charge in [-0.2, -0.15) is 4.36 Å². The van der Waals surface area contributed by atoms with Gasteiger partial charge >= 0.3 is 5.91 Å². The molecule has 4 heteroatoms. The van der Waals surface area contributed by atoms with Crippen molar-refractivity contribution in [3.05, 3.63) is 84.8 Å². The zero-order valence-electron chi connectivity index (χ0n) is 11.2. The molecule has 0 aliphatic carbocycles. The Morgan fingerprint density at radius 1 is 0.810 bits per heavy atom. The number of carbonyl (C=O) groups is 1. The van der Waals surface area contributed by atoms with Crippen LogP contribution in [0.5, 0.6) is 0 Å². The highest BCUT2D eigenvalue weighted by molar-refractivity contribution is 7.87. The van der Waals surface area contributed by atoms with Gasteiger partial charge in [0, 0.05) is 9.79 Å². The maximum atomic E-state index is 12.2. The van der Waals surface area contributed by atoms with Crippen LogP contribution in [0.1, 0.15) is 10.6 Å². The van der Waals surface area contributed by atoms with Crippen LogP contribution in [0.2, 0.25) is 0 Å². The summed E-state index contributed by atoms with van der Waals surface area (Å²) in [7, 11) is -0.650. The van der Waals surface area contributed by atoms with Crippen LogP contribution in [0.15, 0.2) is 97.6 Å². The third-order valence-corrected chi connectivity index (χ3v) is 4.62. The van der Waals surface area contributed by atoms with Crippen molar-refractivity contribution >= 4 is 16.6 Å². The van der Waals surface area contributed by atoms with E-state index < -0.39 is 10.7 Å². The maximum absolute atomic E-state index is 12.2. The molecule has 1 aromatic heterocycles. The van der Waals surface area contributed by atoms with E-state index in [9.17, 15) is 4.79 Å². The van der Waals surface area contributed by atoms with Gasteiger partial charge in [-0.3, -0.25) is 4.79 Å². The van der Waals surface area contributed by atoms with E-state index in [2.05, 4.69) is 4.36 Å². The lowest BCUT2D eigenvalue weighted by Gasteiger charge is -2.07. The molecular weight excluding hydrogens is 282 g/mol. The highest BCUT2D eigenvalue weighted by Crippen LogP contribution is 2.19. The van der Waals surface area contributed by atoms with Crippen LogP contribution in [0.3, 0.4) is 0 Å². The van der Waals surface area contributed by atoms with Gasteiger partial charge in [0.15, 0.2) is 5.76 Å². The van der Waals surface area contributed by atoms with Gasteiger partial charge in [-0.15, -0.1) is 0 Å². The quantitative estimate of drug-likeness (QED) is 0.721. The van der Waals surface area contributed by atoms with Crippen molar-refractivity contribution in [3.63, 3.8) is 0 Å². The minimum Gasteiger partial charge on any atom is -0.459 e. The van der Waals surface area contributed by atoms with E-state index in [4.69, 9.17) is 4.42 Å². The lowest BCUT2D eigenvalue weighted by molar-refractivity contribution is 0.0979. The number of hydrogen-bond donors (Lipinski definition) is 0. The predicted molar refractivity (Wildman–Crippen MR) is 82.2 cm³/mol. The Kier molecular flexibility index (Phi) is 4.07. The van der Waals surface area contributed by atoms with Crippen LogP contribution < -0.4 is 0 Å². The molecule has 3 aromatic rings. The Morgan fingerprint density at radius 3 is 1.86 bits per heavy atom. The summed E-state index contributed by atoms with van der Waals surface area (Å²) in [6.07, 6.45) is 1.48. The molecule has 0 radical (unpaired) electrons. The number of amides is 1. The number of nitrogens with zero attached hydrogens (tertiary/aromatic N) is 1. The molecule has 1 heterocycles. The number of benzene rings is 2. The van der Waals surface area contributed by atoms with Gasteiger partial charge < -0.3 is 4.42 Å². The molecule has 21 heavy (non-hydrogen) atoms. The molecule has 0 spiro atoms. The Morgan fingerprint density at radius 2 is 1.38 bits per heavy atom. The molecule has 0 N–H and O–H groups in total. The van der Waals surface area contributed by atoms with Gasteiger partial charge in [0.05, 0.1) is 6.26 Å². The standard InChI is InChI=1S/C17H13NO2S/c19-17(16-12-7-13-20-16)18-21(14-8-3-1-4-9-14)15-10-5-2-6-11-15/h1-13H. The van der Waals surface area contributed by atoms with Crippen molar-refractivity contribution in [1.82, 2.24) is 0 Å². The van der Waals surface area contributed by atoms with E-state index in [0.717, 1.165) is 9.79 Å². The highest BCUT2D eigenvalue weighted by Gasteiger charge is 2.11. The van der Waals surface area contributed by atoms with Crippen LogP contribution in [-0.2, 0) is 10.7 Å². The minimum absolute atomic E-state index is 0.263. The Labute approximate surface area is 125 Å². The molecule has 1 amide bonds. The average Bonchev–Trinajstić information content (AvgIpc) is 3.09. The molecular formula is C17H13NO2S. The molecule has 0 aliphatic rings. The first-order valence-electron chi connectivity index (χ1n) is 6.49. The van der Waals surface area contributed by atoms with E-state index in [0.29, 0.717) is 0 Å². The van der Waals surface area contributed by atoms with Gasteiger partial charge in [-0.05, 0) is 47.1 Å². The topological polar surface area (TPSA) is 42.6 Å². The summed E-state index contributed by atoms with van der Waals surface area (Å²) < 4.78 is 9.48. The summed E-state index contributed by atoms with van der Waals surface area (Å²) in [5, 5.41) is 0. The first kappa shape index (κ1) is 13.5. The monoisotopic (exact) mass is 295 g/mol. The van der Waals surface area contributed by atoms with E-state index >= 15 is 0 Å². The molecule has 0 saturated carbocycles. The number of rotatable bonds is 3. The van der Waals surface area contributed by atoms with Crippen LogP contribution in [0.4, 0.5) is 0 Å². The van der Waals surface area contributed by atoms with Gasteiger partial charge in [0.2, 0.25) is 0 Å². The van der Waals surface area contributed by atoms with Crippen LogP contribution in [0.25, 0.3) is 0 Å². The van der Waals surface area contributed by atoms with E-state index in [-0.39, 0.29) is 11.7 Å². The van der Waals surface area contributed by atoms with Crippen molar-refractivity contribution in [1.29, 1.82) is 0 Å². The summed E-state index contributed by atoms with van der Waals surface area (Å²) in [4.78, 5) is 14.2. The molecule has 3 nitrogen and oxygen atoms in total. The molecule has 0 bridgehead atoms. The summed E-state index contributed by atoms with van der Waals surface area (Å²) in [5.41, 5.74) is 0. The second-order valence-electron chi connectivity index (χ2n) is 4.28. The first-order chi connectivity index (χ1) is 10.3. The van der Waals surface area contributed by atoms with E-state index in [1.807, 2.05) is 60.7 Å². The van der Waals surface area contributed by atoms with Crippen molar-refractivity contribution < 1.29 is 9.21 Å². The van der Waals surface area contributed by atoms with Gasteiger partial charge in [-0.1, -0.05) is 36.4 Å². The molecule has 3 rings (SSSR count). The lowest BCUT2D eigenvalue weighted by Crippen LogP contribution is -1.99. The van der Waals surface area contributed by atoms with Gasteiger partial charge in [0.25, 0.3) is 0 Å². The predicted octanol–water partition coefficient (Wildman–Crippen LogP) is 4.34. The molecule has 104 valence electrons. The first-order valence-corrected chi connectivity index (χ1v) is 7.67. The zero-order chi connectivity index (χ0) is 14.5. The fourth-order valence-electron chi connectivity index (χ4n) is 1.87. The van der Waals surface area contributed by atoms with E-state index in [1.54, 1.807) is 12.1 Å². The summed E-state index contributed by atoms with van der Waals surface area (Å²) >= 11 is 0. The smallest absolute Gasteiger partial charge is 0.319 e. The Balaban J connectivity index is 2.07. The molecule has 0 aliphatic heterocycles. The van der Waals surface area contributed by atoms with Crippen molar-refractivity contribution in [3.8, 4) is 0 Å². The van der Waals surface area contributed by atoms with Gasteiger partial charge in [0.1, 0.15) is 0 Å². The highest BCUT2D eigenvalue weighted by atomic mass is 32.2. The van der Waals surface area contributed by atoms with Gasteiger partial charge in [-0.25, -0.2) is 0 Å². The lowest BCUT2D eigenvalue weighted by atomic mass is 10.4. The summed E-state index contributed by atoms with van der Waals surface area (Å²) in [5.74, 6) is -0.0737. The van der Waals surface area contributed by atoms with Crippen molar-refractivity contribution in [2.24, 2.45) is 4.36 Å². The number of carbonyl (C=O) groups excluding carboxylic acids is 1. The second-order valence-corrected chi connectivity index (χ2v) is 5.98. The Bertz CT molecular complexity index is 709. The maximum Gasteiger partial charge on any atom is 0.319 e.